The summed E-state index contributed by atoms with van der Waals surface area (Å²) in [4.78, 5) is 15.3. The highest BCUT2D eigenvalue weighted by atomic mass is 35.5. The van der Waals surface area contributed by atoms with Crippen molar-refractivity contribution in [3.8, 4) is 45.7 Å². The standard InChI is InChI=1S/C21H17ClN2O4/c1-26-18-8-13(9-19(27-2)20(18)28-3)15-10-17(24-21(25)16(15)11-23)12-4-6-14(22)7-5-12/h4-10H,1-3H3,(H,24,25). The van der Waals surface area contributed by atoms with Crippen LogP contribution in [0.1, 0.15) is 5.56 Å². The number of aromatic amines is 1. The number of hydrogen-bond donors (Lipinski definition) is 1. The molecule has 2 aromatic carbocycles. The molecule has 0 bridgehead atoms. The summed E-state index contributed by atoms with van der Waals surface area (Å²) in [5.74, 6) is 1.28. The average molecular weight is 397 g/mol. The minimum Gasteiger partial charge on any atom is -0.493 e. The first-order valence-corrected chi connectivity index (χ1v) is 8.64. The van der Waals surface area contributed by atoms with Crippen molar-refractivity contribution >= 4 is 11.6 Å². The van der Waals surface area contributed by atoms with Gasteiger partial charge in [-0.25, -0.2) is 0 Å². The number of nitrogens with one attached hydrogen (secondary N) is 1. The highest BCUT2D eigenvalue weighted by molar-refractivity contribution is 6.30. The van der Waals surface area contributed by atoms with Crippen LogP contribution in [0, 0.1) is 11.3 Å². The Morgan fingerprint density at radius 1 is 0.929 bits per heavy atom. The van der Waals surface area contributed by atoms with Gasteiger partial charge in [0, 0.05) is 16.3 Å². The summed E-state index contributed by atoms with van der Waals surface area (Å²) in [5.41, 5.74) is 1.87. The Kier molecular flexibility index (Phi) is 5.57. The Labute approximate surface area is 166 Å². The van der Waals surface area contributed by atoms with Gasteiger partial charge < -0.3 is 19.2 Å². The van der Waals surface area contributed by atoms with Gasteiger partial charge >= 0.3 is 0 Å². The first-order valence-electron chi connectivity index (χ1n) is 8.26. The summed E-state index contributed by atoms with van der Waals surface area (Å²) in [6.45, 7) is 0. The van der Waals surface area contributed by atoms with Crippen molar-refractivity contribution in [3.63, 3.8) is 0 Å². The van der Waals surface area contributed by atoms with E-state index >= 15 is 0 Å². The van der Waals surface area contributed by atoms with Crippen molar-refractivity contribution in [2.45, 2.75) is 0 Å². The quantitative estimate of drug-likeness (QED) is 0.696. The largest absolute Gasteiger partial charge is 0.493 e. The van der Waals surface area contributed by atoms with Gasteiger partial charge in [0.2, 0.25) is 5.75 Å². The van der Waals surface area contributed by atoms with Crippen LogP contribution in [0.3, 0.4) is 0 Å². The van der Waals surface area contributed by atoms with Gasteiger partial charge in [-0.2, -0.15) is 5.26 Å². The van der Waals surface area contributed by atoms with Gasteiger partial charge in [-0.3, -0.25) is 4.79 Å². The molecular formula is C21H17ClN2O4. The van der Waals surface area contributed by atoms with Gasteiger partial charge in [0.15, 0.2) is 11.5 Å². The van der Waals surface area contributed by atoms with Crippen LogP contribution in [-0.4, -0.2) is 26.3 Å². The summed E-state index contributed by atoms with van der Waals surface area (Å²) in [6.07, 6.45) is 0. The van der Waals surface area contributed by atoms with Crippen LogP contribution < -0.4 is 19.8 Å². The van der Waals surface area contributed by atoms with Crippen LogP contribution in [-0.2, 0) is 0 Å². The molecule has 0 amide bonds. The minimum atomic E-state index is -0.487. The maximum Gasteiger partial charge on any atom is 0.266 e. The lowest BCUT2D eigenvalue weighted by atomic mass is 9.98. The number of rotatable bonds is 5. The second-order valence-electron chi connectivity index (χ2n) is 5.83. The molecule has 142 valence electrons. The zero-order chi connectivity index (χ0) is 20.3. The summed E-state index contributed by atoms with van der Waals surface area (Å²) < 4.78 is 16.1. The highest BCUT2D eigenvalue weighted by Crippen LogP contribution is 2.41. The smallest absolute Gasteiger partial charge is 0.266 e. The lowest BCUT2D eigenvalue weighted by Gasteiger charge is -2.15. The monoisotopic (exact) mass is 396 g/mol. The molecule has 1 heterocycles. The van der Waals surface area contributed by atoms with Crippen LogP contribution in [0.2, 0.25) is 5.02 Å². The molecule has 0 aliphatic carbocycles. The average Bonchev–Trinajstić information content (AvgIpc) is 2.72. The van der Waals surface area contributed by atoms with Gasteiger partial charge in [-0.1, -0.05) is 23.7 Å². The van der Waals surface area contributed by atoms with Crippen molar-refractivity contribution in [1.29, 1.82) is 5.26 Å². The van der Waals surface area contributed by atoms with E-state index in [0.717, 1.165) is 5.56 Å². The Morgan fingerprint density at radius 2 is 1.54 bits per heavy atom. The van der Waals surface area contributed by atoms with Crippen molar-refractivity contribution in [2.24, 2.45) is 0 Å². The lowest BCUT2D eigenvalue weighted by molar-refractivity contribution is 0.324. The molecule has 0 unspecified atom stereocenters. The SMILES string of the molecule is COc1cc(-c2cc(-c3ccc(Cl)cc3)[nH]c(=O)c2C#N)cc(OC)c1OC. The molecule has 6 nitrogen and oxygen atoms in total. The zero-order valence-corrected chi connectivity index (χ0v) is 16.3. The zero-order valence-electron chi connectivity index (χ0n) is 15.5. The fourth-order valence-electron chi connectivity index (χ4n) is 2.92. The summed E-state index contributed by atoms with van der Waals surface area (Å²) >= 11 is 5.95. The minimum absolute atomic E-state index is 0.00742. The lowest BCUT2D eigenvalue weighted by Crippen LogP contribution is -2.12. The molecule has 0 aliphatic heterocycles. The maximum atomic E-state index is 12.5. The van der Waals surface area contributed by atoms with Crippen LogP contribution in [0.15, 0.2) is 47.3 Å². The van der Waals surface area contributed by atoms with E-state index in [1.807, 2.05) is 6.07 Å². The molecule has 0 saturated carbocycles. The number of aromatic nitrogens is 1. The summed E-state index contributed by atoms with van der Waals surface area (Å²) in [6, 6.07) is 14.1. The molecule has 0 spiro atoms. The fourth-order valence-corrected chi connectivity index (χ4v) is 3.05. The molecule has 3 aromatic rings. The van der Waals surface area contributed by atoms with Gasteiger partial charge in [0.25, 0.3) is 5.56 Å². The number of nitriles is 1. The molecule has 0 radical (unpaired) electrons. The predicted molar refractivity (Wildman–Crippen MR) is 107 cm³/mol. The molecular weight excluding hydrogens is 380 g/mol. The Hall–Kier alpha value is -3.43. The van der Waals surface area contributed by atoms with E-state index in [4.69, 9.17) is 25.8 Å². The third kappa shape index (κ3) is 3.53. The van der Waals surface area contributed by atoms with Crippen LogP contribution >= 0.6 is 11.6 Å². The number of nitrogens with zero attached hydrogens (tertiary/aromatic N) is 1. The normalized spacial score (nSPS) is 10.2. The fraction of sp³-hybridized carbons (Fsp3) is 0.143. The van der Waals surface area contributed by atoms with Crippen LogP contribution in [0.5, 0.6) is 17.2 Å². The van der Waals surface area contributed by atoms with Crippen molar-refractivity contribution < 1.29 is 14.2 Å². The number of ether oxygens (including phenoxy) is 3. The van der Waals surface area contributed by atoms with E-state index in [1.54, 1.807) is 42.5 Å². The van der Waals surface area contributed by atoms with Gasteiger partial charge in [-0.05, 0) is 41.5 Å². The molecule has 0 aliphatic rings. The number of methoxy groups -OCH3 is 3. The third-order valence-corrected chi connectivity index (χ3v) is 4.53. The number of H-pyrrole nitrogens is 1. The second kappa shape index (κ2) is 8.07. The highest BCUT2D eigenvalue weighted by Gasteiger charge is 2.18. The second-order valence-corrected chi connectivity index (χ2v) is 6.27. The molecule has 28 heavy (non-hydrogen) atoms. The predicted octanol–water partition coefficient (Wildman–Crippen LogP) is 4.26. The van der Waals surface area contributed by atoms with Gasteiger partial charge in [-0.15, -0.1) is 0 Å². The number of pyridine rings is 1. The summed E-state index contributed by atoms with van der Waals surface area (Å²) in [5, 5.41) is 10.1. The maximum absolute atomic E-state index is 12.5. The summed E-state index contributed by atoms with van der Waals surface area (Å²) in [7, 11) is 4.51. The van der Waals surface area contributed by atoms with Crippen LogP contribution in [0.4, 0.5) is 0 Å². The molecule has 0 fully saturated rings. The Bertz CT molecular complexity index is 1090. The van der Waals surface area contributed by atoms with Crippen molar-refractivity contribution in [3.05, 3.63) is 63.4 Å². The van der Waals surface area contributed by atoms with E-state index < -0.39 is 5.56 Å². The van der Waals surface area contributed by atoms with E-state index in [-0.39, 0.29) is 5.56 Å². The first kappa shape index (κ1) is 19.3. The van der Waals surface area contributed by atoms with Gasteiger partial charge in [0.05, 0.1) is 21.3 Å². The van der Waals surface area contributed by atoms with E-state index in [2.05, 4.69) is 4.98 Å². The molecule has 0 atom stereocenters. The Balaban J connectivity index is 2.28. The molecule has 1 aromatic heterocycles. The molecule has 0 saturated heterocycles. The Morgan fingerprint density at radius 3 is 2.04 bits per heavy atom. The first-order chi connectivity index (χ1) is 13.5. The molecule has 1 N–H and O–H groups in total. The van der Waals surface area contributed by atoms with E-state index in [0.29, 0.717) is 39.1 Å². The third-order valence-electron chi connectivity index (χ3n) is 4.28. The van der Waals surface area contributed by atoms with Crippen molar-refractivity contribution in [2.75, 3.05) is 21.3 Å². The van der Waals surface area contributed by atoms with E-state index in [9.17, 15) is 10.1 Å². The molecule has 3 rings (SSSR count). The van der Waals surface area contributed by atoms with Crippen molar-refractivity contribution in [1.82, 2.24) is 4.98 Å². The molecule has 7 heteroatoms. The topological polar surface area (TPSA) is 84.3 Å². The van der Waals surface area contributed by atoms with E-state index in [1.165, 1.54) is 21.3 Å². The number of halogens is 1. The number of hydrogen-bond acceptors (Lipinski definition) is 5. The van der Waals surface area contributed by atoms with Crippen LogP contribution in [0.25, 0.3) is 22.4 Å². The number of benzene rings is 2. The van der Waals surface area contributed by atoms with Gasteiger partial charge in [0.1, 0.15) is 11.6 Å².